The number of aliphatic hydroxyl groups excluding tert-OH is 1. The van der Waals surface area contributed by atoms with Gasteiger partial charge in [-0.1, -0.05) is 0 Å². The lowest BCUT2D eigenvalue weighted by molar-refractivity contribution is 0.0964. The summed E-state index contributed by atoms with van der Waals surface area (Å²) in [5.74, 6) is 0.912. The number of hydrogen-bond acceptors (Lipinski definition) is 6. The Kier molecular flexibility index (Phi) is 7.44. The average molecular weight is 593 g/mol. The zero-order valence-corrected chi connectivity index (χ0v) is 24.3. The van der Waals surface area contributed by atoms with Crippen LogP contribution in [0.1, 0.15) is 60.4 Å². The minimum absolute atomic E-state index is 0.196. The van der Waals surface area contributed by atoms with Crippen molar-refractivity contribution in [3.63, 3.8) is 0 Å². The van der Waals surface area contributed by atoms with Gasteiger partial charge in [-0.2, -0.15) is 0 Å². The smallest absolute Gasteiger partial charge is 0.255 e. The number of benzene rings is 3. The number of aliphatic hydroxyl groups is 1. The third-order valence-electron chi connectivity index (χ3n) is 8.07. The number of nitrogens with one attached hydrogen (secondary N) is 1. The molecule has 0 saturated heterocycles. The van der Waals surface area contributed by atoms with Gasteiger partial charge in [0.25, 0.3) is 5.91 Å². The van der Waals surface area contributed by atoms with Crippen LogP contribution in [0.25, 0.3) is 22.3 Å². The Balaban J connectivity index is 1.44. The summed E-state index contributed by atoms with van der Waals surface area (Å²) in [6.45, 7) is 0. The maximum atomic E-state index is 13.3. The van der Waals surface area contributed by atoms with E-state index in [1.807, 2.05) is 6.07 Å². The van der Waals surface area contributed by atoms with Gasteiger partial charge in [0.05, 0.1) is 23.6 Å². The molecule has 2 fully saturated rings. The van der Waals surface area contributed by atoms with Gasteiger partial charge in [-0.15, -0.1) is 0 Å². The number of halogens is 1. The van der Waals surface area contributed by atoms with E-state index in [0.717, 1.165) is 18.4 Å². The summed E-state index contributed by atoms with van der Waals surface area (Å²) in [6.07, 6.45) is 4.91. The first-order chi connectivity index (χ1) is 20.1. The fourth-order valence-corrected chi connectivity index (χ4v) is 7.13. The molecule has 42 heavy (non-hydrogen) atoms. The van der Waals surface area contributed by atoms with E-state index in [0.29, 0.717) is 70.7 Å². The van der Waals surface area contributed by atoms with Crippen LogP contribution in [0.3, 0.4) is 0 Å². The lowest BCUT2D eigenvalue weighted by Gasteiger charge is -2.36. The highest BCUT2D eigenvalue weighted by Gasteiger charge is 2.37. The molecule has 2 aliphatic rings. The van der Waals surface area contributed by atoms with E-state index in [1.165, 1.54) is 34.8 Å². The van der Waals surface area contributed by atoms with Crippen molar-refractivity contribution in [1.82, 2.24) is 5.32 Å². The highest BCUT2D eigenvalue weighted by atomic mass is 32.2. The van der Waals surface area contributed by atoms with Crippen molar-refractivity contribution >= 4 is 32.6 Å². The standard InChI is InChI=1S/C32H33FN2O6S/c1-34-32(37)30-27-17-26(19-3-4-19)28(35(42(2,38)39)22-9-11-23(36)12-10-22)18-29(27)41-31(30)20-5-13-24(14-6-20)40-25-15-7-21(33)8-16-25/h5-8,13-19,22-23,36H,3-4,9-12H2,1-2H3,(H,34,37)/t22-,23+. The number of amides is 1. The average Bonchev–Trinajstić information content (AvgIpc) is 3.75. The van der Waals surface area contributed by atoms with Crippen LogP contribution in [0.5, 0.6) is 11.5 Å². The normalized spacial score (nSPS) is 19.0. The Morgan fingerprint density at radius 1 is 0.976 bits per heavy atom. The Morgan fingerprint density at radius 2 is 1.60 bits per heavy atom. The maximum Gasteiger partial charge on any atom is 0.255 e. The van der Waals surface area contributed by atoms with Gasteiger partial charge in [0, 0.05) is 30.1 Å². The number of carbonyl (C=O) groups excluding carboxylic acids is 1. The number of furan rings is 1. The fraction of sp³-hybridized carbons (Fsp3) is 0.344. The second-order valence-corrected chi connectivity index (χ2v) is 13.0. The van der Waals surface area contributed by atoms with Crippen LogP contribution in [-0.2, 0) is 10.0 Å². The fourth-order valence-electron chi connectivity index (χ4n) is 5.87. The van der Waals surface area contributed by atoms with Crippen LogP contribution >= 0.6 is 0 Å². The number of fused-ring (bicyclic) bond motifs is 1. The zero-order valence-electron chi connectivity index (χ0n) is 23.5. The van der Waals surface area contributed by atoms with Gasteiger partial charge < -0.3 is 19.6 Å². The zero-order chi connectivity index (χ0) is 29.6. The lowest BCUT2D eigenvalue weighted by Crippen LogP contribution is -2.43. The maximum absolute atomic E-state index is 13.3. The number of sulfonamides is 1. The Morgan fingerprint density at radius 3 is 2.17 bits per heavy atom. The Labute approximate surface area is 244 Å². The van der Waals surface area contributed by atoms with Crippen LogP contribution in [0.4, 0.5) is 10.1 Å². The summed E-state index contributed by atoms with van der Waals surface area (Å²) in [5, 5.41) is 13.4. The molecule has 0 aliphatic heterocycles. The summed E-state index contributed by atoms with van der Waals surface area (Å²) in [5.41, 5.74) is 2.91. The highest BCUT2D eigenvalue weighted by Crippen LogP contribution is 2.49. The van der Waals surface area contributed by atoms with Gasteiger partial charge in [-0.25, -0.2) is 12.8 Å². The van der Waals surface area contributed by atoms with Crippen LogP contribution in [0, 0.1) is 5.82 Å². The molecule has 0 bridgehead atoms. The summed E-state index contributed by atoms with van der Waals surface area (Å²) >= 11 is 0. The van der Waals surface area contributed by atoms with E-state index < -0.39 is 16.1 Å². The van der Waals surface area contributed by atoms with Crippen LogP contribution in [-0.4, -0.2) is 44.9 Å². The van der Waals surface area contributed by atoms with E-state index in [1.54, 1.807) is 37.4 Å². The monoisotopic (exact) mass is 592 g/mol. The summed E-state index contributed by atoms with van der Waals surface area (Å²) in [6, 6.07) is 16.2. The van der Waals surface area contributed by atoms with E-state index in [4.69, 9.17) is 9.15 Å². The van der Waals surface area contributed by atoms with E-state index in [9.17, 15) is 22.7 Å². The number of ether oxygens (including phenoxy) is 1. The largest absolute Gasteiger partial charge is 0.457 e. The SMILES string of the molecule is CNC(=O)c1c(-c2ccc(Oc3ccc(F)cc3)cc2)oc2cc(N([C@H]3CC[C@@H](O)CC3)S(C)(=O)=O)c(C3CC3)cc12. The molecule has 0 radical (unpaired) electrons. The molecule has 0 spiro atoms. The van der Waals surface area contributed by atoms with Crippen molar-refractivity contribution in [2.75, 3.05) is 17.6 Å². The first-order valence-corrected chi connectivity index (χ1v) is 16.0. The molecule has 8 nitrogen and oxygen atoms in total. The molecule has 0 atom stereocenters. The molecule has 1 amide bonds. The van der Waals surface area contributed by atoms with E-state index in [2.05, 4.69) is 5.32 Å². The first kappa shape index (κ1) is 28.2. The minimum Gasteiger partial charge on any atom is -0.457 e. The van der Waals surface area contributed by atoms with Gasteiger partial charge in [0.2, 0.25) is 10.0 Å². The van der Waals surface area contributed by atoms with Gasteiger partial charge >= 0.3 is 0 Å². The van der Waals surface area contributed by atoms with Crippen LogP contribution < -0.4 is 14.4 Å². The van der Waals surface area contributed by atoms with Gasteiger partial charge in [0.1, 0.15) is 28.7 Å². The summed E-state index contributed by atoms with van der Waals surface area (Å²) < 4.78 is 53.3. The van der Waals surface area contributed by atoms with Crippen LogP contribution in [0.2, 0.25) is 0 Å². The quantitative estimate of drug-likeness (QED) is 0.247. The number of carbonyl (C=O) groups is 1. The molecule has 1 heterocycles. The first-order valence-electron chi connectivity index (χ1n) is 14.2. The lowest BCUT2D eigenvalue weighted by atomic mass is 9.92. The third kappa shape index (κ3) is 5.61. The second kappa shape index (κ2) is 11.1. The molecule has 1 aromatic heterocycles. The molecule has 4 aromatic rings. The number of hydrogen-bond donors (Lipinski definition) is 2. The molecule has 2 N–H and O–H groups in total. The molecule has 220 valence electrons. The van der Waals surface area contributed by atoms with Crippen molar-refractivity contribution in [1.29, 1.82) is 0 Å². The third-order valence-corrected chi connectivity index (χ3v) is 9.28. The van der Waals surface area contributed by atoms with Gasteiger partial charge in [0.15, 0.2) is 0 Å². The van der Waals surface area contributed by atoms with Crippen molar-refractivity contribution in [2.45, 2.75) is 56.6 Å². The van der Waals surface area contributed by atoms with Crippen LogP contribution in [0.15, 0.2) is 65.1 Å². The van der Waals surface area contributed by atoms with E-state index in [-0.39, 0.29) is 23.7 Å². The molecular formula is C32H33FN2O6S. The summed E-state index contributed by atoms with van der Waals surface area (Å²) in [7, 11) is -2.09. The highest BCUT2D eigenvalue weighted by molar-refractivity contribution is 7.92. The van der Waals surface area contributed by atoms with Gasteiger partial charge in [-0.05, 0) is 105 Å². The molecule has 2 aliphatic carbocycles. The van der Waals surface area contributed by atoms with Crippen molar-refractivity contribution < 1.29 is 31.9 Å². The minimum atomic E-state index is -3.65. The number of rotatable bonds is 8. The van der Waals surface area contributed by atoms with Crippen molar-refractivity contribution in [3.8, 4) is 22.8 Å². The van der Waals surface area contributed by atoms with Crippen molar-refractivity contribution in [3.05, 3.63) is 77.6 Å². The Hall–Kier alpha value is -3.89. The topological polar surface area (TPSA) is 109 Å². The predicted octanol–water partition coefficient (Wildman–Crippen LogP) is 6.34. The number of anilines is 1. The second-order valence-electron chi connectivity index (χ2n) is 11.2. The van der Waals surface area contributed by atoms with Crippen molar-refractivity contribution in [2.24, 2.45) is 0 Å². The van der Waals surface area contributed by atoms with E-state index >= 15 is 0 Å². The number of nitrogens with zero attached hydrogens (tertiary/aromatic N) is 1. The Bertz CT molecular complexity index is 1720. The predicted molar refractivity (Wildman–Crippen MR) is 159 cm³/mol. The molecule has 0 unspecified atom stereocenters. The molecule has 3 aromatic carbocycles. The molecule has 2 saturated carbocycles. The van der Waals surface area contributed by atoms with Gasteiger partial charge in [-0.3, -0.25) is 9.10 Å². The molecular weight excluding hydrogens is 559 g/mol. The summed E-state index contributed by atoms with van der Waals surface area (Å²) in [4.78, 5) is 13.2. The molecule has 6 rings (SSSR count). The molecule has 10 heteroatoms.